The third kappa shape index (κ3) is 4.11. The SMILES string of the molecule is CN(C)CCN(C(=O)CN1C(=O)CCC1=O)c1nc2ccc(Br)cc2s1. The second-order valence-corrected chi connectivity index (χ2v) is 8.26. The second-order valence-electron chi connectivity index (χ2n) is 6.33. The molecule has 138 valence electrons. The van der Waals surface area contributed by atoms with E-state index in [0.717, 1.165) is 19.6 Å². The lowest BCUT2D eigenvalue weighted by Gasteiger charge is -2.24. The molecule has 0 atom stereocenters. The van der Waals surface area contributed by atoms with Crippen molar-refractivity contribution in [1.82, 2.24) is 14.8 Å². The van der Waals surface area contributed by atoms with Crippen molar-refractivity contribution in [3.63, 3.8) is 0 Å². The number of likely N-dealkylation sites (N-methyl/N-ethyl adjacent to an activating group) is 1. The summed E-state index contributed by atoms with van der Waals surface area (Å²) in [5.74, 6) is -0.873. The summed E-state index contributed by atoms with van der Waals surface area (Å²) in [7, 11) is 3.84. The molecule has 0 aliphatic carbocycles. The van der Waals surface area contributed by atoms with Gasteiger partial charge in [-0.2, -0.15) is 0 Å². The van der Waals surface area contributed by atoms with Gasteiger partial charge in [-0.15, -0.1) is 0 Å². The summed E-state index contributed by atoms with van der Waals surface area (Å²) in [5, 5.41) is 0.573. The number of likely N-dealkylation sites (tertiary alicyclic amines) is 1. The molecule has 9 heteroatoms. The zero-order chi connectivity index (χ0) is 18.8. The predicted octanol–water partition coefficient (Wildman–Crippen LogP) is 2.10. The van der Waals surface area contributed by atoms with Crippen LogP contribution in [0.5, 0.6) is 0 Å². The summed E-state index contributed by atoms with van der Waals surface area (Å²) < 4.78 is 1.91. The number of rotatable bonds is 6. The van der Waals surface area contributed by atoms with Crippen LogP contribution in [0.1, 0.15) is 12.8 Å². The number of nitrogens with zero attached hydrogens (tertiary/aromatic N) is 4. The number of anilines is 1. The van der Waals surface area contributed by atoms with Gasteiger partial charge >= 0.3 is 0 Å². The minimum Gasteiger partial charge on any atom is -0.308 e. The van der Waals surface area contributed by atoms with Gasteiger partial charge in [-0.1, -0.05) is 27.3 Å². The summed E-state index contributed by atoms with van der Waals surface area (Å²) in [4.78, 5) is 45.7. The maximum absolute atomic E-state index is 12.9. The van der Waals surface area contributed by atoms with Crippen LogP contribution in [0.2, 0.25) is 0 Å². The average Bonchev–Trinajstić information content (AvgIpc) is 3.12. The summed E-state index contributed by atoms with van der Waals surface area (Å²) in [5.41, 5.74) is 0.809. The van der Waals surface area contributed by atoms with Crippen LogP contribution in [-0.2, 0) is 14.4 Å². The molecule has 1 aliphatic rings. The lowest BCUT2D eigenvalue weighted by Crippen LogP contribution is -2.44. The molecule has 2 heterocycles. The van der Waals surface area contributed by atoms with Crippen molar-refractivity contribution in [3.8, 4) is 0 Å². The van der Waals surface area contributed by atoms with Gasteiger partial charge in [0.15, 0.2) is 5.13 Å². The number of carbonyl (C=O) groups excluding carboxylic acids is 3. The third-order valence-electron chi connectivity index (χ3n) is 4.09. The number of halogens is 1. The fraction of sp³-hybridized carbons (Fsp3) is 0.412. The Hall–Kier alpha value is -1.84. The van der Waals surface area contributed by atoms with Crippen LogP contribution in [0.15, 0.2) is 22.7 Å². The van der Waals surface area contributed by atoms with E-state index >= 15 is 0 Å². The van der Waals surface area contributed by atoms with E-state index < -0.39 is 0 Å². The molecule has 26 heavy (non-hydrogen) atoms. The molecule has 0 unspecified atom stereocenters. The largest absolute Gasteiger partial charge is 0.308 e. The van der Waals surface area contributed by atoms with Gasteiger partial charge in [-0.05, 0) is 32.3 Å². The van der Waals surface area contributed by atoms with Gasteiger partial charge in [-0.3, -0.25) is 24.2 Å². The lowest BCUT2D eigenvalue weighted by molar-refractivity contribution is -0.141. The van der Waals surface area contributed by atoms with Crippen LogP contribution in [0.3, 0.4) is 0 Å². The molecule has 0 N–H and O–H groups in total. The molecular weight excluding hydrogens is 420 g/mol. The Morgan fingerprint density at radius 3 is 2.58 bits per heavy atom. The molecule has 3 rings (SSSR count). The number of amides is 3. The Morgan fingerprint density at radius 1 is 1.23 bits per heavy atom. The van der Waals surface area contributed by atoms with Crippen molar-refractivity contribution in [2.75, 3.05) is 38.6 Å². The van der Waals surface area contributed by atoms with E-state index in [2.05, 4.69) is 20.9 Å². The van der Waals surface area contributed by atoms with Gasteiger partial charge < -0.3 is 4.90 Å². The van der Waals surface area contributed by atoms with Gasteiger partial charge in [0.2, 0.25) is 17.7 Å². The summed E-state index contributed by atoms with van der Waals surface area (Å²) >= 11 is 4.86. The normalized spacial score (nSPS) is 14.7. The number of aromatic nitrogens is 1. The van der Waals surface area contributed by atoms with Gasteiger partial charge in [0.1, 0.15) is 6.54 Å². The molecule has 0 bridgehead atoms. The molecule has 1 fully saturated rings. The van der Waals surface area contributed by atoms with E-state index in [0.29, 0.717) is 18.2 Å². The smallest absolute Gasteiger partial charge is 0.248 e. The van der Waals surface area contributed by atoms with Crippen LogP contribution in [0.25, 0.3) is 10.2 Å². The Kier molecular flexibility index (Phi) is 5.69. The van der Waals surface area contributed by atoms with Crippen LogP contribution in [-0.4, -0.2) is 66.2 Å². The monoisotopic (exact) mass is 438 g/mol. The predicted molar refractivity (Wildman–Crippen MR) is 104 cm³/mol. The van der Waals surface area contributed by atoms with E-state index in [4.69, 9.17) is 0 Å². The zero-order valence-corrected chi connectivity index (χ0v) is 17.0. The topological polar surface area (TPSA) is 73.8 Å². The standard InChI is InChI=1S/C17H19BrN4O3S/c1-20(2)7-8-21(16(25)10-22-14(23)5-6-15(22)24)17-19-12-4-3-11(18)9-13(12)26-17/h3-4,9H,5-8,10H2,1-2H3. The number of benzene rings is 1. The quantitative estimate of drug-likeness (QED) is 0.645. The first-order valence-corrected chi connectivity index (χ1v) is 9.80. The van der Waals surface area contributed by atoms with Gasteiger partial charge in [0, 0.05) is 30.4 Å². The molecular formula is C17H19BrN4O3S. The van der Waals surface area contributed by atoms with Crippen LogP contribution in [0, 0.1) is 0 Å². The molecule has 1 saturated heterocycles. The molecule has 0 saturated carbocycles. The van der Waals surface area contributed by atoms with Crippen molar-refractivity contribution < 1.29 is 14.4 Å². The van der Waals surface area contributed by atoms with Crippen LogP contribution < -0.4 is 4.90 Å². The van der Waals surface area contributed by atoms with E-state index in [1.165, 1.54) is 11.3 Å². The van der Waals surface area contributed by atoms with Crippen molar-refractivity contribution in [1.29, 1.82) is 0 Å². The van der Waals surface area contributed by atoms with Crippen molar-refractivity contribution in [2.24, 2.45) is 0 Å². The van der Waals surface area contributed by atoms with Gasteiger partial charge in [0.25, 0.3) is 0 Å². The fourth-order valence-corrected chi connectivity index (χ4v) is 4.21. The molecule has 3 amide bonds. The van der Waals surface area contributed by atoms with Crippen LogP contribution >= 0.6 is 27.3 Å². The van der Waals surface area contributed by atoms with Crippen LogP contribution in [0.4, 0.5) is 5.13 Å². The first kappa shape index (κ1) is 18.9. The maximum atomic E-state index is 12.9. The summed E-state index contributed by atoms with van der Waals surface area (Å²) in [6.07, 6.45) is 0.359. The number of thiazole rings is 1. The first-order valence-electron chi connectivity index (χ1n) is 8.19. The summed E-state index contributed by atoms with van der Waals surface area (Å²) in [6, 6.07) is 5.75. The van der Waals surface area contributed by atoms with E-state index in [1.54, 1.807) is 4.90 Å². The second kappa shape index (κ2) is 7.81. The fourth-order valence-electron chi connectivity index (χ4n) is 2.65. The number of imide groups is 1. The highest BCUT2D eigenvalue weighted by atomic mass is 79.9. The summed E-state index contributed by atoms with van der Waals surface area (Å²) in [6.45, 7) is 0.848. The first-order chi connectivity index (χ1) is 12.3. The number of hydrogen-bond acceptors (Lipinski definition) is 6. The average molecular weight is 439 g/mol. The number of fused-ring (bicyclic) bond motifs is 1. The Bertz CT molecular complexity index is 851. The Balaban J connectivity index is 1.86. The number of hydrogen-bond donors (Lipinski definition) is 0. The highest BCUT2D eigenvalue weighted by molar-refractivity contribution is 9.10. The molecule has 0 radical (unpaired) electrons. The molecule has 1 aromatic carbocycles. The molecule has 7 nitrogen and oxygen atoms in total. The van der Waals surface area contributed by atoms with Crippen molar-refractivity contribution in [2.45, 2.75) is 12.8 Å². The van der Waals surface area contributed by atoms with Crippen molar-refractivity contribution in [3.05, 3.63) is 22.7 Å². The molecule has 2 aromatic rings. The third-order valence-corrected chi connectivity index (χ3v) is 5.62. The lowest BCUT2D eigenvalue weighted by atomic mass is 10.3. The minimum absolute atomic E-state index is 0.180. The van der Waals surface area contributed by atoms with Crippen molar-refractivity contribution >= 4 is 60.3 Å². The molecule has 1 aliphatic heterocycles. The highest BCUT2D eigenvalue weighted by Gasteiger charge is 2.32. The maximum Gasteiger partial charge on any atom is 0.248 e. The molecule has 0 spiro atoms. The number of carbonyl (C=O) groups is 3. The molecule has 1 aromatic heterocycles. The Morgan fingerprint density at radius 2 is 1.92 bits per heavy atom. The Labute approximate surface area is 163 Å². The van der Waals surface area contributed by atoms with E-state index in [-0.39, 0.29) is 37.1 Å². The zero-order valence-electron chi connectivity index (χ0n) is 14.6. The van der Waals surface area contributed by atoms with Gasteiger partial charge in [0.05, 0.1) is 10.2 Å². The minimum atomic E-state index is -0.298. The van der Waals surface area contributed by atoms with Gasteiger partial charge in [-0.25, -0.2) is 4.98 Å². The highest BCUT2D eigenvalue weighted by Crippen LogP contribution is 2.31. The van der Waals surface area contributed by atoms with E-state index in [9.17, 15) is 14.4 Å². The van der Waals surface area contributed by atoms with E-state index in [1.807, 2.05) is 37.2 Å².